The van der Waals surface area contributed by atoms with Gasteiger partial charge in [-0.3, -0.25) is 9.59 Å². The van der Waals surface area contributed by atoms with E-state index in [1.807, 2.05) is 0 Å². The van der Waals surface area contributed by atoms with Crippen LogP contribution in [0.25, 0.3) is 0 Å². The molecule has 0 bridgehead atoms. The van der Waals surface area contributed by atoms with Crippen molar-refractivity contribution in [2.45, 2.75) is 62.2 Å². The van der Waals surface area contributed by atoms with Gasteiger partial charge in [0.25, 0.3) is 0 Å². The number of pyridine rings is 1. The van der Waals surface area contributed by atoms with Crippen LogP contribution in [0.15, 0.2) is 18.2 Å². The Kier molecular flexibility index (Phi) is 8.01. The van der Waals surface area contributed by atoms with Crippen molar-refractivity contribution >= 4 is 11.9 Å². The van der Waals surface area contributed by atoms with Gasteiger partial charge in [0.05, 0.1) is 18.4 Å². The molecule has 11 nitrogen and oxygen atoms in total. The van der Waals surface area contributed by atoms with Crippen LogP contribution in [0.2, 0.25) is 0 Å². The van der Waals surface area contributed by atoms with Crippen molar-refractivity contribution in [1.82, 2.24) is 4.98 Å². The third-order valence-corrected chi connectivity index (χ3v) is 4.39. The minimum absolute atomic E-state index is 0.590. The first-order chi connectivity index (χ1) is 14.7. The number of carboxylic acid groups (broad SMARTS) is 1. The summed E-state index contributed by atoms with van der Waals surface area (Å²) in [4.78, 5) is 25.8. The molecule has 1 aromatic heterocycles. The van der Waals surface area contributed by atoms with E-state index in [0.717, 1.165) is 19.1 Å². The molecule has 2 heterocycles. The summed E-state index contributed by atoms with van der Waals surface area (Å²) in [5.74, 6) is -2.99. The van der Waals surface area contributed by atoms with Gasteiger partial charge in [-0.1, -0.05) is 6.07 Å². The molecular weight excluding hydrogens is 447 g/mol. The summed E-state index contributed by atoms with van der Waals surface area (Å²) >= 11 is 0. The zero-order valence-electron chi connectivity index (χ0n) is 16.6. The lowest BCUT2D eigenvalue weighted by atomic mass is 9.98. The summed E-state index contributed by atoms with van der Waals surface area (Å²) in [6.45, 7) is 0.392. The molecule has 0 aliphatic carbocycles. The number of aliphatic hydroxyl groups excluding tert-OH is 3. The van der Waals surface area contributed by atoms with Crippen molar-refractivity contribution in [2.24, 2.45) is 0 Å². The Morgan fingerprint density at radius 2 is 1.78 bits per heavy atom. The van der Waals surface area contributed by atoms with Crippen LogP contribution in [0.1, 0.15) is 25.5 Å². The molecule has 0 aromatic carbocycles. The average Bonchev–Trinajstić information content (AvgIpc) is 2.65. The highest BCUT2D eigenvalue weighted by Crippen LogP contribution is 2.30. The van der Waals surface area contributed by atoms with Gasteiger partial charge in [0, 0.05) is 6.07 Å². The normalized spacial score (nSPS) is 27.9. The van der Waals surface area contributed by atoms with Crippen molar-refractivity contribution in [3.05, 3.63) is 23.9 Å². The van der Waals surface area contributed by atoms with Gasteiger partial charge in [0.1, 0.15) is 36.7 Å². The van der Waals surface area contributed by atoms with Crippen molar-refractivity contribution in [3.63, 3.8) is 0 Å². The lowest BCUT2D eigenvalue weighted by Crippen LogP contribution is -2.60. The minimum Gasteiger partial charge on any atom is -0.481 e. The quantitative estimate of drug-likeness (QED) is 0.309. The van der Waals surface area contributed by atoms with Crippen LogP contribution >= 0.6 is 0 Å². The van der Waals surface area contributed by atoms with E-state index in [0.29, 0.717) is 6.07 Å². The van der Waals surface area contributed by atoms with Crippen LogP contribution in [0.4, 0.5) is 13.2 Å². The number of aromatic nitrogens is 1. The highest BCUT2D eigenvalue weighted by atomic mass is 19.4. The summed E-state index contributed by atoms with van der Waals surface area (Å²) in [5, 5.41) is 48.6. The van der Waals surface area contributed by atoms with Crippen LogP contribution < -0.4 is 4.74 Å². The maximum atomic E-state index is 12.8. The molecule has 1 aliphatic rings. The molecule has 180 valence electrons. The van der Waals surface area contributed by atoms with Crippen molar-refractivity contribution in [3.8, 4) is 5.88 Å². The molecular formula is C18H22F3NO10. The molecule has 1 aromatic rings. The van der Waals surface area contributed by atoms with Gasteiger partial charge in [-0.15, -0.1) is 0 Å². The predicted molar refractivity (Wildman–Crippen MR) is 95.0 cm³/mol. The van der Waals surface area contributed by atoms with Crippen LogP contribution in [-0.4, -0.2) is 85.4 Å². The summed E-state index contributed by atoms with van der Waals surface area (Å²) in [7, 11) is 0. The van der Waals surface area contributed by atoms with Gasteiger partial charge in [-0.05, 0) is 13.0 Å². The molecule has 1 aliphatic heterocycles. The first kappa shape index (κ1) is 25.7. The number of ether oxygens (including phenoxy) is 3. The smallest absolute Gasteiger partial charge is 0.433 e. The van der Waals surface area contributed by atoms with Crippen molar-refractivity contribution < 1.29 is 62.5 Å². The number of halogens is 3. The Balaban J connectivity index is 2.03. The van der Waals surface area contributed by atoms with Gasteiger partial charge in [0.15, 0.2) is 0 Å². The highest BCUT2D eigenvalue weighted by molar-refractivity contribution is 5.73. The zero-order valence-corrected chi connectivity index (χ0v) is 16.6. The van der Waals surface area contributed by atoms with E-state index < -0.39 is 85.4 Å². The van der Waals surface area contributed by atoms with Gasteiger partial charge >= 0.3 is 18.1 Å². The van der Waals surface area contributed by atoms with E-state index in [9.17, 15) is 43.2 Å². The Hall–Kier alpha value is -2.52. The summed E-state index contributed by atoms with van der Waals surface area (Å²) in [6, 6.07) is 2.72. The third-order valence-electron chi connectivity index (χ3n) is 4.39. The van der Waals surface area contributed by atoms with E-state index in [1.54, 1.807) is 0 Å². The molecule has 14 heteroatoms. The maximum absolute atomic E-state index is 12.8. The Morgan fingerprint density at radius 1 is 1.12 bits per heavy atom. The average molecular weight is 469 g/mol. The second-order valence-corrected chi connectivity index (χ2v) is 7.42. The summed E-state index contributed by atoms with van der Waals surface area (Å²) < 4.78 is 53.5. The number of alkyl halides is 3. The molecule has 1 saturated heterocycles. The number of carboxylic acids is 1. The number of nitrogens with zero attached hydrogens (tertiary/aromatic N) is 1. The predicted octanol–water partition coefficient (Wildman–Crippen LogP) is -0.554. The lowest BCUT2D eigenvalue weighted by molar-refractivity contribution is -0.279. The molecule has 0 radical (unpaired) electrons. The van der Waals surface area contributed by atoms with Gasteiger partial charge in [-0.25, -0.2) is 4.98 Å². The highest BCUT2D eigenvalue weighted by Gasteiger charge is 2.46. The molecule has 0 saturated carbocycles. The zero-order chi connectivity index (χ0) is 24.3. The number of rotatable bonds is 8. The molecule has 6 atom stereocenters. The van der Waals surface area contributed by atoms with Crippen LogP contribution in [0.3, 0.4) is 0 Å². The van der Waals surface area contributed by atoms with E-state index >= 15 is 0 Å². The number of hydrogen-bond acceptors (Lipinski definition) is 10. The SMILES string of the molecule is CC(O)(CC(=O)O)CC(=O)OC[C@H]1O[C@H](Oc2cccc(C(F)(F)F)n2)[C@H](O)[C@@H](O)[C@@H]1O. The lowest BCUT2D eigenvalue weighted by Gasteiger charge is -2.39. The number of hydrogen-bond donors (Lipinski definition) is 5. The fraction of sp³-hybridized carbons (Fsp3) is 0.611. The molecule has 1 unspecified atom stereocenters. The molecule has 2 rings (SSSR count). The van der Waals surface area contributed by atoms with E-state index in [1.165, 1.54) is 0 Å². The number of aliphatic carboxylic acids is 1. The molecule has 5 N–H and O–H groups in total. The van der Waals surface area contributed by atoms with Crippen LogP contribution in [0.5, 0.6) is 5.88 Å². The number of esters is 1. The third kappa shape index (κ3) is 7.00. The first-order valence-corrected chi connectivity index (χ1v) is 9.20. The van der Waals surface area contributed by atoms with Gasteiger partial charge < -0.3 is 39.7 Å². The minimum atomic E-state index is -4.76. The van der Waals surface area contributed by atoms with Crippen LogP contribution in [0, 0.1) is 0 Å². The van der Waals surface area contributed by atoms with E-state index in [-0.39, 0.29) is 0 Å². The number of aliphatic hydroxyl groups is 4. The standard InChI is InChI=1S/C18H22F3NO10/c1-17(29,5-11(23)24)6-12(25)30-7-8-13(26)14(27)15(28)16(31-8)32-10-4-2-3-9(22-10)18(19,20)21/h2-4,8,13-16,26-29H,5-7H2,1H3,(H,23,24)/t8-,13-,14+,15-,16-,17?/m1/s1. The van der Waals surface area contributed by atoms with Crippen LogP contribution in [-0.2, 0) is 25.2 Å². The Bertz CT molecular complexity index is 818. The van der Waals surface area contributed by atoms with Gasteiger partial charge in [0.2, 0.25) is 12.2 Å². The fourth-order valence-electron chi connectivity index (χ4n) is 2.83. The van der Waals surface area contributed by atoms with Gasteiger partial charge in [-0.2, -0.15) is 13.2 Å². The summed E-state index contributed by atoms with van der Waals surface area (Å²) in [5.41, 5.74) is -3.19. The monoisotopic (exact) mass is 469 g/mol. The Morgan fingerprint density at radius 3 is 2.38 bits per heavy atom. The molecule has 32 heavy (non-hydrogen) atoms. The second-order valence-electron chi connectivity index (χ2n) is 7.42. The fourth-order valence-corrected chi connectivity index (χ4v) is 2.83. The van der Waals surface area contributed by atoms with E-state index in [2.05, 4.69) is 4.98 Å². The number of carbonyl (C=O) groups is 2. The second kappa shape index (κ2) is 9.95. The molecule has 0 amide bonds. The topological polar surface area (TPSA) is 176 Å². The number of carbonyl (C=O) groups excluding carboxylic acids is 1. The summed E-state index contributed by atoms with van der Waals surface area (Å²) in [6.07, 6.45) is -15.0. The maximum Gasteiger partial charge on any atom is 0.433 e. The van der Waals surface area contributed by atoms with Crippen molar-refractivity contribution in [2.75, 3.05) is 6.61 Å². The Labute approximate surface area is 179 Å². The molecule has 1 fully saturated rings. The van der Waals surface area contributed by atoms with E-state index in [4.69, 9.17) is 19.3 Å². The molecule has 0 spiro atoms. The first-order valence-electron chi connectivity index (χ1n) is 9.20. The largest absolute Gasteiger partial charge is 0.481 e. The van der Waals surface area contributed by atoms with Crippen molar-refractivity contribution in [1.29, 1.82) is 0 Å².